The minimum absolute atomic E-state index is 0.173. The maximum Gasteiger partial charge on any atom is 0.243 e. The smallest absolute Gasteiger partial charge is 0.243 e. The fraction of sp³-hybridized carbons (Fsp3) is 0.625. The van der Waals surface area contributed by atoms with E-state index < -0.39 is 10.0 Å². The number of hydrogen-bond donors (Lipinski definition) is 1. The van der Waals surface area contributed by atoms with Gasteiger partial charge in [-0.3, -0.25) is 0 Å². The van der Waals surface area contributed by atoms with E-state index in [1.54, 1.807) is 10.4 Å². The van der Waals surface area contributed by atoms with E-state index >= 15 is 0 Å². The van der Waals surface area contributed by atoms with Crippen LogP contribution >= 0.6 is 0 Å². The Labute approximate surface area is 128 Å². The van der Waals surface area contributed by atoms with Crippen LogP contribution in [0.5, 0.6) is 0 Å². The number of rotatable bonds is 7. The summed E-state index contributed by atoms with van der Waals surface area (Å²) >= 11 is 0. The van der Waals surface area contributed by atoms with E-state index in [0.717, 1.165) is 37.8 Å². The molecule has 1 aliphatic rings. The van der Waals surface area contributed by atoms with Crippen LogP contribution in [-0.2, 0) is 16.6 Å². The highest BCUT2D eigenvalue weighted by atomic mass is 32.2. The summed E-state index contributed by atoms with van der Waals surface area (Å²) in [5.74, 6) is 0. The van der Waals surface area contributed by atoms with Crippen LogP contribution in [0.15, 0.2) is 29.2 Å². The van der Waals surface area contributed by atoms with Crippen molar-refractivity contribution in [3.05, 3.63) is 29.8 Å². The molecule has 1 fully saturated rings. The molecule has 2 rings (SSSR count). The van der Waals surface area contributed by atoms with E-state index in [-0.39, 0.29) is 6.04 Å². The molecule has 0 bridgehead atoms. The Morgan fingerprint density at radius 1 is 1.19 bits per heavy atom. The molecule has 5 heteroatoms. The molecule has 21 heavy (non-hydrogen) atoms. The molecule has 118 valence electrons. The van der Waals surface area contributed by atoms with Gasteiger partial charge in [0.05, 0.1) is 4.90 Å². The zero-order valence-electron chi connectivity index (χ0n) is 13.0. The Bertz CT molecular complexity index is 551. The fourth-order valence-corrected chi connectivity index (χ4v) is 5.02. The first-order valence-electron chi connectivity index (χ1n) is 7.91. The molecule has 0 unspecified atom stereocenters. The zero-order chi connectivity index (χ0) is 15.3. The first-order chi connectivity index (χ1) is 10.1. The summed E-state index contributed by atoms with van der Waals surface area (Å²) in [5, 5.41) is 3.22. The third-order valence-corrected chi connectivity index (χ3v) is 6.30. The molecule has 1 N–H and O–H groups in total. The third kappa shape index (κ3) is 3.65. The van der Waals surface area contributed by atoms with Crippen LogP contribution in [0.3, 0.4) is 0 Å². The maximum absolute atomic E-state index is 13.0. The predicted octanol–water partition coefficient (Wildman–Crippen LogP) is 2.75. The molecule has 0 heterocycles. The van der Waals surface area contributed by atoms with E-state index in [4.69, 9.17) is 0 Å². The summed E-state index contributed by atoms with van der Waals surface area (Å²) in [6.07, 6.45) is 4.25. The number of hydrogen-bond acceptors (Lipinski definition) is 3. The van der Waals surface area contributed by atoms with Gasteiger partial charge in [-0.05, 0) is 31.0 Å². The molecule has 4 nitrogen and oxygen atoms in total. The average Bonchev–Trinajstić information content (AvgIpc) is 2.99. The van der Waals surface area contributed by atoms with Gasteiger partial charge < -0.3 is 5.32 Å². The Kier molecular flexibility index (Phi) is 5.79. The topological polar surface area (TPSA) is 49.4 Å². The second kappa shape index (κ2) is 7.38. The molecule has 1 aliphatic carbocycles. The largest absolute Gasteiger partial charge is 0.313 e. The van der Waals surface area contributed by atoms with Crippen molar-refractivity contribution in [3.63, 3.8) is 0 Å². The molecule has 0 spiro atoms. The van der Waals surface area contributed by atoms with Crippen LogP contribution in [0.4, 0.5) is 0 Å². The van der Waals surface area contributed by atoms with Crippen LogP contribution in [0, 0.1) is 0 Å². The lowest BCUT2D eigenvalue weighted by molar-refractivity contribution is 0.335. The Hall–Kier alpha value is -0.910. The van der Waals surface area contributed by atoms with Crippen molar-refractivity contribution in [2.45, 2.75) is 57.0 Å². The van der Waals surface area contributed by atoms with Gasteiger partial charge in [-0.1, -0.05) is 44.9 Å². The Morgan fingerprint density at radius 3 is 2.48 bits per heavy atom. The summed E-state index contributed by atoms with van der Waals surface area (Å²) in [5.41, 5.74) is 0.857. The number of benzene rings is 1. The Balaban J connectivity index is 2.33. The molecule has 1 aromatic rings. The molecular formula is C16H26N2O2S. The van der Waals surface area contributed by atoms with Crippen LogP contribution in [0.1, 0.15) is 45.1 Å². The van der Waals surface area contributed by atoms with Crippen molar-refractivity contribution >= 4 is 10.0 Å². The SMILES string of the molecule is CCNCc1ccccc1S(=O)(=O)N(CC)C1CCCC1. The van der Waals surface area contributed by atoms with E-state index in [0.29, 0.717) is 18.0 Å². The van der Waals surface area contributed by atoms with E-state index in [1.165, 1.54) is 0 Å². The minimum Gasteiger partial charge on any atom is -0.313 e. The van der Waals surface area contributed by atoms with Gasteiger partial charge in [-0.25, -0.2) is 8.42 Å². The van der Waals surface area contributed by atoms with Gasteiger partial charge >= 0.3 is 0 Å². The molecule has 0 atom stereocenters. The molecule has 0 saturated heterocycles. The first kappa shape index (κ1) is 16.5. The minimum atomic E-state index is -3.40. The molecule has 0 amide bonds. The lowest BCUT2D eigenvalue weighted by Gasteiger charge is -2.27. The Morgan fingerprint density at radius 2 is 1.86 bits per heavy atom. The third-order valence-electron chi connectivity index (χ3n) is 4.17. The highest BCUT2D eigenvalue weighted by Gasteiger charge is 2.33. The van der Waals surface area contributed by atoms with Crippen LogP contribution in [0.25, 0.3) is 0 Å². The number of nitrogens with zero attached hydrogens (tertiary/aromatic N) is 1. The fourth-order valence-electron chi connectivity index (χ4n) is 3.10. The molecule has 0 radical (unpaired) electrons. The summed E-state index contributed by atoms with van der Waals surface area (Å²) in [7, 11) is -3.40. The normalized spacial score (nSPS) is 16.7. The van der Waals surface area contributed by atoms with Gasteiger partial charge in [-0.2, -0.15) is 4.31 Å². The van der Waals surface area contributed by atoms with Crippen molar-refractivity contribution in [1.29, 1.82) is 0 Å². The lowest BCUT2D eigenvalue weighted by atomic mass is 10.2. The number of sulfonamides is 1. The second-order valence-corrected chi connectivity index (χ2v) is 7.39. The quantitative estimate of drug-likeness (QED) is 0.842. The van der Waals surface area contributed by atoms with Gasteiger partial charge in [0.2, 0.25) is 10.0 Å². The van der Waals surface area contributed by atoms with Gasteiger partial charge in [0.25, 0.3) is 0 Å². The van der Waals surface area contributed by atoms with Gasteiger partial charge in [-0.15, -0.1) is 0 Å². The van der Waals surface area contributed by atoms with Crippen molar-refractivity contribution in [2.75, 3.05) is 13.1 Å². The standard InChI is InChI=1S/C16H26N2O2S/c1-3-17-13-14-9-5-8-12-16(14)21(19,20)18(4-2)15-10-6-7-11-15/h5,8-9,12,15,17H,3-4,6-7,10-11,13H2,1-2H3. The van der Waals surface area contributed by atoms with Crippen LogP contribution in [-0.4, -0.2) is 31.9 Å². The summed E-state index contributed by atoms with van der Waals surface area (Å²) < 4.78 is 27.8. The molecule has 1 saturated carbocycles. The molecule has 1 aromatic carbocycles. The monoisotopic (exact) mass is 310 g/mol. The second-order valence-electron chi connectivity index (χ2n) is 5.53. The van der Waals surface area contributed by atoms with E-state index in [1.807, 2.05) is 32.0 Å². The van der Waals surface area contributed by atoms with Gasteiger partial charge in [0.15, 0.2) is 0 Å². The summed E-state index contributed by atoms with van der Waals surface area (Å²) in [6, 6.07) is 7.52. The highest BCUT2D eigenvalue weighted by molar-refractivity contribution is 7.89. The number of nitrogens with one attached hydrogen (secondary N) is 1. The van der Waals surface area contributed by atoms with Gasteiger partial charge in [0.1, 0.15) is 0 Å². The zero-order valence-corrected chi connectivity index (χ0v) is 13.8. The summed E-state index contributed by atoms with van der Waals surface area (Å²) in [4.78, 5) is 0.458. The van der Waals surface area contributed by atoms with Crippen LogP contribution < -0.4 is 5.32 Å². The lowest BCUT2D eigenvalue weighted by Crippen LogP contribution is -2.39. The molecule has 0 aromatic heterocycles. The van der Waals surface area contributed by atoms with Crippen molar-refractivity contribution in [3.8, 4) is 0 Å². The van der Waals surface area contributed by atoms with Crippen molar-refractivity contribution in [1.82, 2.24) is 9.62 Å². The maximum atomic E-state index is 13.0. The van der Waals surface area contributed by atoms with E-state index in [2.05, 4.69) is 5.32 Å². The first-order valence-corrected chi connectivity index (χ1v) is 9.35. The van der Waals surface area contributed by atoms with E-state index in [9.17, 15) is 8.42 Å². The van der Waals surface area contributed by atoms with Crippen molar-refractivity contribution in [2.24, 2.45) is 0 Å². The molecule has 0 aliphatic heterocycles. The summed E-state index contributed by atoms with van der Waals surface area (Å²) in [6.45, 7) is 5.92. The highest BCUT2D eigenvalue weighted by Crippen LogP contribution is 2.29. The average molecular weight is 310 g/mol. The van der Waals surface area contributed by atoms with Crippen molar-refractivity contribution < 1.29 is 8.42 Å². The predicted molar refractivity (Wildman–Crippen MR) is 85.6 cm³/mol. The van der Waals surface area contributed by atoms with Crippen LogP contribution in [0.2, 0.25) is 0 Å². The molecular weight excluding hydrogens is 284 g/mol. The van der Waals surface area contributed by atoms with Gasteiger partial charge in [0, 0.05) is 19.1 Å².